The summed E-state index contributed by atoms with van der Waals surface area (Å²) in [5.74, 6) is -4.32. The van der Waals surface area contributed by atoms with E-state index < -0.39 is 35.4 Å². The fraction of sp³-hybridized carbons (Fsp3) is 0.480. The molecule has 178 valence electrons. The Morgan fingerprint density at radius 3 is 2.64 bits per heavy atom. The summed E-state index contributed by atoms with van der Waals surface area (Å²) < 4.78 is 29.8. The van der Waals surface area contributed by atoms with Gasteiger partial charge in [0.1, 0.15) is 18.3 Å². The average Bonchev–Trinajstić information content (AvgIpc) is 2.77. The molecule has 2 aliphatic rings. The minimum atomic E-state index is -0.996. The molecule has 3 rings (SSSR count). The highest BCUT2D eigenvalue weighted by atomic mass is 19.1. The Hall–Kier alpha value is -3.00. The first-order chi connectivity index (χ1) is 15.8. The number of hydrogen-bond donors (Lipinski definition) is 1. The van der Waals surface area contributed by atoms with Crippen LogP contribution in [0.2, 0.25) is 0 Å². The van der Waals surface area contributed by atoms with Crippen LogP contribution in [0.3, 0.4) is 0 Å². The summed E-state index contributed by atoms with van der Waals surface area (Å²) in [4.78, 5) is 39.1. The Kier molecular flexibility index (Phi) is 8.02. The molecule has 0 spiro atoms. The van der Waals surface area contributed by atoms with Crippen molar-refractivity contribution in [2.24, 2.45) is 11.8 Å². The van der Waals surface area contributed by atoms with Crippen LogP contribution in [0.15, 0.2) is 46.8 Å². The molecule has 7 nitrogen and oxygen atoms in total. The minimum Gasteiger partial charge on any atom is -0.468 e. The monoisotopic (exact) mass is 459 g/mol. The van der Waals surface area contributed by atoms with E-state index in [4.69, 9.17) is 14.2 Å². The molecule has 0 saturated heterocycles. The maximum absolute atomic E-state index is 14.2. The summed E-state index contributed by atoms with van der Waals surface area (Å²) >= 11 is 0. The van der Waals surface area contributed by atoms with E-state index in [-0.39, 0.29) is 30.3 Å². The molecule has 33 heavy (non-hydrogen) atoms. The van der Waals surface area contributed by atoms with Gasteiger partial charge in [-0.05, 0) is 43.4 Å². The van der Waals surface area contributed by atoms with Gasteiger partial charge in [0, 0.05) is 29.5 Å². The van der Waals surface area contributed by atoms with Crippen LogP contribution >= 0.6 is 0 Å². The third-order valence-corrected chi connectivity index (χ3v) is 5.95. The molecule has 1 aromatic rings. The number of carbonyl (C=O) groups excluding carboxylic acids is 3. The second kappa shape index (κ2) is 10.7. The lowest BCUT2D eigenvalue weighted by Crippen LogP contribution is -2.43. The lowest BCUT2D eigenvalue weighted by molar-refractivity contribution is -0.151. The number of rotatable bonds is 8. The van der Waals surface area contributed by atoms with Gasteiger partial charge in [-0.25, -0.2) is 9.18 Å². The van der Waals surface area contributed by atoms with Crippen molar-refractivity contribution in [3.8, 4) is 0 Å². The summed E-state index contributed by atoms with van der Waals surface area (Å²) in [6, 6.07) is 5.77. The highest BCUT2D eigenvalue weighted by molar-refractivity contribution is 6.12. The van der Waals surface area contributed by atoms with Crippen molar-refractivity contribution in [1.29, 1.82) is 0 Å². The third-order valence-electron chi connectivity index (χ3n) is 5.95. The van der Waals surface area contributed by atoms with Gasteiger partial charge in [-0.15, -0.1) is 0 Å². The van der Waals surface area contributed by atoms with E-state index in [9.17, 15) is 18.8 Å². The first-order valence-electron chi connectivity index (χ1n) is 11.1. The summed E-state index contributed by atoms with van der Waals surface area (Å²) in [6.07, 6.45) is 1.26. The molecule has 0 unspecified atom stereocenters. The topological polar surface area (TPSA) is 90.9 Å². The van der Waals surface area contributed by atoms with Gasteiger partial charge in [-0.3, -0.25) is 9.59 Å². The fourth-order valence-corrected chi connectivity index (χ4v) is 4.49. The summed E-state index contributed by atoms with van der Waals surface area (Å²) in [5.41, 5.74) is 2.07. The SMILES string of the molecule is CCCOCCOC(=O)C1=C(C)NC2=C(C(=O)[C@H](C(=O)OC)[C@@H](C)C2)[C@H]1c1cccc(F)c1. The molecule has 0 radical (unpaired) electrons. The maximum atomic E-state index is 14.2. The first kappa shape index (κ1) is 24.6. The van der Waals surface area contributed by atoms with Gasteiger partial charge < -0.3 is 19.5 Å². The number of allylic oxidation sites excluding steroid dienone is 3. The van der Waals surface area contributed by atoms with Gasteiger partial charge in [-0.1, -0.05) is 26.0 Å². The molecule has 0 aromatic heterocycles. The largest absolute Gasteiger partial charge is 0.468 e. The summed E-state index contributed by atoms with van der Waals surface area (Å²) in [7, 11) is 1.24. The minimum absolute atomic E-state index is 0.0488. The Labute approximate surface area is 193 Å². The van der Waals surface area contributed by atoms with Crippen molar-refractivity contribution < 1.29 is 33.0 Å². The van der Waals surface area contributed by atoms with Crippen LogP contribution in [0, 0.1) is 17.7 Å². The van der Waals surface area contributed by atoms with E-state index in [1.54, 1.807) is 19.9 Å². The molecular formula is C25H30FNO6. The van der Waals surface area contributed by atoms with Crippen molar-refractivity contribution in [2.75, 3.05) is 26.9 Å². The van der Waals surface area contributed by atoms with E-state index in [0.29, 0.717) is 30.0 Å². The van der Waals surface area contributed by atoms with Crippen LogP contribution in [0.25, 0.3) is 0 Å². The average molecular weight is 460 g/mol. The first-order valence-corrected chi connectivity index (χ1v) is 11.1. The predicted octanol–water partition coefficient (Wildman–Crippen LogP) is 3.41. The third kappa shape index (κ3) is 5.16. The second-order valence-corrected chi connectivity index (χ2v) is 8.34. The zero-order valence-electron chi connectivity index (χ0n) is 19.4. The lowest BCUT2D eigenvalue weighted by atomic mass is 9.69. The normalized spacial score (nSPS) is 22.6. The molecule has 0 fully saturated rings. The highest BCUT2D eigenvalue weighted by Gasteiger charge is 2.47. The number of benzene rings is 1. The van der Waals surface area contributed by atoms with E-state index in [0.717, 1.165) is 6.42 Å². The molecule has 8 heteroatoms. The van der Waals surface area contributed by atoms with E-state index in [2.05, 4.69) is 5.32 Å². The molecule has 0 bridgehead atoms. The quantitative estimate of drug-likeness (QED) is 0.362. The molecule has 1 aliphatic heterocycles. The Morgan fingerprint density at radius 1 is 1.21 bits per heavy atom. The van der Waals surface area contributed by atoms with Crippen LogP contribution in [0.5, 0.6) is 0 Å². The van der Waals surface area contributed by atoms with Crippen LogP contribution in [-0.2, 0) is 28.6 Å². The number of Topliss-reactive ketones (excluding diaryl/α,β-unsaturated/α-hetero) is 1. The Morgan fingerprint density at radius 2 is 1.97 bits per heavy atom. The van der Waals surface area contributed by atoms with Crippen molar-refractivity contribution >= 4 is 17.7 Å². The summed E-state index contributed by atoms with van der Waals surface area (Å²) in [5, 5.41) is 3.17. The Balaban J connectivity index is 2.02. The van der Waals surface area contributed by atoms with Gasteiger partial charge in [-0.2, -0.15) is 0 Å². The van der Waals surface area contributed by atoms with E-state index in [1.165, 1.54) is 25.3 Å². The highest BCUT2D eigenvalue weighted by Crippen LogP contribution is 2.45. The van der Waals surface area contributed by atoms with Gasteiger partial charge in [0.05, 0.1) is 19.3 Å². The van der Waals surface area contributed by atoms with Crippen molar-refractivity contribution in [3.63, 3.8) is 0 Å². The molecule has 3 atom stereocenters. The second-order valence-electron chi connectivity index (χ2n) is 8.34. The zero-order valence-corrected chi connectivity index (χ0v) is 19.4. The maximum Gasteiger partial charge on any atom is 0.336 e. The lowest BCUT2D eigenvalue weighted by Gasteiger charge is -2.38. The summed E-state index contributed by atoms with van der Waals surface area (Å²) in [6.45, 7) is 6.37. The molecule has 1 aromatic carbocycles. The smallest absolute Gasteiger partial charge is 0.336 e. The van der Waals surface area contributed by atoms with Crippen molar-refractivity contribution in [1.82, 2.24) is 5.32 Å². The van der Waals surface area contributed by atoms with Gasteiger partial charge >= 0.3 is 11.9 Å². The number of hydrogen-bond acceptors (Lipinski definition) is 7. The number of carbonyl (C=O) groups is 3. The van der Waals surface area contributed by atoms with Crippen LogP contribution in [0.4, 0.5) is 4.39 Å². The molecular weight excluding hydrogens is 429 g/mol. The van der Waals surface area contributed by atoms with E-state index in [1.807, 2.05) is 6.92 Å². The molecule has 1 heterocycles. The predicted molar refractivity (Wildman–Crippen MR) is 118 cm³/mol. The van der Waals surface area contributed by atoms with Gasteiger partial charge in [0.15, 0.2) is 5.78 Å². The van der Waals surface area contributed by atoms with Crippen LogP contribution < -0.4 is 5.32 Å². The van der Waals surface area contributed by atoms with Crippen molar-refractivity contribution in [3.05, 3.63) is 58.2 Å². The fourth-order valence-electron chi connectivity index (χ4n) is 4.49. The Bertz CT molecular complexity index is 998. The zero-order chi connectivity index (χ0) is 24.1. The molecule has 1 N–H and O–H groups in total. The number of ketones is 1. The van der Waals surface area contributed by atoms with Gasteiger partial charge in [0.2, 0.25) is 0 Å². The number of ether oxygens (including phenoxy) is 3. The molecule has 0 amide bonds. The molecule has 0 saturated carbocycles. The van der Waals surface area contributed by atoms with Crippen LogP contribution in [0.1, 0.15) is 45.1 Å². The van der Waals surface area contributed by atoms with Crippen LogP contribution in [-0.4, -0.2) is 44.7 Å². The number of nitrogens with one attached hydrogen (secondary N) is 1. The number of methoxy groups -OCH3 is 1. The number of esters is 2. The number of dihydropyridines is 1. The van der Waals surface area contributed by atoms with Crippen molar-refractivity contribution in [2.45, 2.75) is 39.5 Å². The number of halogens is 1. The standard InChI is InChI=1S/C25H30FNO6/c1-5-9-32-10-11-33-25(30)20-15(3)27-18-12-14(2)19(24(29)31-4)23(28)22(18)21(20)16-7-6-8-17(26)13-16/h6-8,13-14,19,21,27H,5,9-12H2,1-4H3/t14-,19+,21-/m0/s1. The molecule has 1 aliphatic carbocycles. The van der Waals surface area contributed by atoms with E-state index >= 15 is 0 Å². The van der Waals surface area contributed by atoms with Gasteiger partial charge in [0.25, 0.3) is 0 Å².